The van der Waals surface area contributed by atoms with E-state index in [0.29, 0.717) is 5.56 Å². The van der Waals surface area contributed by atoms with Crippen LogP contribution in [-0.4, -0.2) is 10.9 Å². The van der Waals surface area contributed by atoms with Crippen molar-refractivity contribution in [2.45, 2.75) is 13.8 Å². The lowest BCUT2D eigenvalue weighted by Gasteiger charge is -2.11. The van der Waals surface area contributed by atoms with E-state index in [-0.39, 0.29) is 18.3 Å². The highest BCUT2D eigenvalue weighted by Gasteiger charge is 2.09. The van der Waals surface area contributed by atoms with Crippen LogP contribution in [0.5, 0.6) is 0 Å². The second kappa shape index (κ2) is 8.97. The Morgan fingerprint density at radius 2 is 1.46 bits per heavy atom. The van der Waals surface area contributed by atoms with Crippen LogP contribution in [0, 0.1) is 13.8 Å². The Labute approximate surface area is 160 Å². The van der Waals surface area contributed by atoms with Crippen molar-refractivity contribution >= 4 is 30.1 Å². The second-order valence-corrected chi connectivity index (χ2v) is 5.95. The van der Waals surface area contributed by atoms with Crippen LogP contribution in [0.2, 0.25) is 0 Å². The normalized spacial score (nSPS) is 10.8. The molecular formula is C22H21ClN2O. The summed E-state index contributed by atoms with van der Waals surface area (Å²) in [6.45, 7) is 4.01. The van der Waals surface area contributed by atoms with Crippen LogP contribution >= 0.6 is 12.4 Å². The number of amides is 1. The van der Waals surface area contributed by atoms with Gasteiger partial charge in [-0.3, -0.25) is 9.78 Å². The molecule has 0 unspecified atom stereocenters. The maximum absolute atomic E-state index is 12.6. The number of aryl methyl sites for hydroxylation is 2. The number of nitrogens with one attached hydrogen (secondary N) is 1. The Morgan fingerprint density at radius 1 is 0.885 bits per heavy atom. The van der Waals surface area contributed by atoms with Gasteiger partial charge in [0.1, 0.15) is 0 Å². The number of pyridine rings is 1. The quantitative estimate of drug-likeness (QED) is 0.704. The molecule has 0 aliphatic carbocycles. The first-order valence-corrected chi connectivity index (χ1v) is 8.20. The van der Waals surface area contributed by atoms with Gasteiger partial charge in [-0.2, -0.15) is 0 Å². The summed E-state index contributed by atoms with van der Waals surface area (Å²) in [5.74, 6) is -0.139. The van der Waals surface area contributed by atoms with Crippen molar-refractivity contribution in [1.29, 1.82) is 0 Å². The predicted octanol–water partition coefficient (Wildman–Crippen LogP) is 5.05. The maximum atomic E-state index is 12.6. The Balaban J connectivity index is 0.00000243. The number of halogens is 1. The third-order valence-electron chi connectivity index (χ3n) is 3.78. The van der Waals surface area contributed by atoms with Gasteiger partial charge in [0.15, 0.2) is 0 Å². The first kappa shape index (κ1) is 19.4. The summed E-state index contributed by atoms with van der Waals surface area (Å²) in [6.07, 6.45) is 1.91. The van der Waals surface area contributed by atoms with Crippen LogP contribution in [0.3, 0.4) is 0 Å². The molecule has 3 aromatic rings. The highest BCUT2D eigenvalue weighted by Crippen LogP contribution is 2.17. The average Bonchev–Trinajstić information content (AvgIpc) is 2.62. The summed E-state index contributed by atoms with van der Waals surface area (Å²) in [5.41, 5.74) is 5.20. The highest BCUT2D eigenvalue weighted by atomic mass is 35.5. The summed E-state index contributed by atoms with van der Waals surface area (Å²) in [6, 6.07) is 23.0. The van der Waals surface area contributed by atoms with Crippen LogP contribution in [0.4, 0.5) is 0 Å². The monoisotopic (exact) mass is 364 g/mol. The molecule has 0 bridgehead atoms. The van der Waals surface area contributed by atoms with E-state index < -0.39 is 0 Å². The number of hydrogen-bond acceptors (Lipinski definition) is 2. The molecule has 26 heavy (non-hydrogen) atoms. The second-order valence-electron chi connectivity index (χ2n) is 5.95. The van der Waals surface area contributed by atoms with Crippen molar-refractivity contribution in [1.82, 2.24) is 10.3 Å². The van der Waals surface area contributed by atoms with Gasteiger partial charge in [0.25, 0.3) is 5.91 Å². The first-order valence-electron chi connectivity index (χ1n) is 8.20. The van der Waals surface area contributed by atoms with Crippen LogP contribution < -0.4 is 5.32 Å². The van der Waals surface area contributed by atoms with Crippen LogP contribution in [0.15, 0.2) is 72.8 Å². The van der Waals surface area contributed by atoms with Crippen molar-refractivity contribution in [3.8, 4) is 0 Å². The number of hydrogen-bond donors (Lipinski definition) is 1. The van der Waals surface area contributed by atoms with Gasteiger partial charge in [-0.25, -0.2) is 0 Å². The fourth-order valence-corrected chi connectivity index (χ4v) is 2.69. The molecule has 0 fully saturated rings. The van der Waals surface area contributed by atoms with Crippen molar-refractivity contribution in [2.24, 2.45) is 0 Å². The van der Waals surface area contributed by atoms with Gasteiger partial charge in [-0.15, -0.1) is 12.4 Å². The van der Waals surface area contributed by atoms with Gasteiger partial charge in [-0.05, 0) is 55.3 Å². The zero-order chi connectivity index (χ0) is 17.6. The summed E-state index contributed by atoms with van der Waals surface area (Å²) < 4.78 is 0. The highest BCUT2D eigenvalue weighted by molar-refractivity contribution is 6.01. The lowest BCUT2D eigenvalue weighted by Crippen LogP contribution is -2.21. The molecule has 1 amide bonds. The maximum Gasteiger partial charge on any atom is 0.255 e. The molecule has 4 heteroatoms. The lowest BCUT2D eigenvalue weighted by atomic mass is 10.1. The average molecular weight is 365 g/mol. The van der Waals surface area contributed by atoms with E-state index in [1.807, 2.05) is 80.6 Å². The zero-order valence-electron chi connectivity index (χ0n) is 14.8. The predicted molar refractivity (Wildman–Crippen MR) is 109 cm³/mol. The molecule has 0 atom stereocenters. The third-order valence-corrected chi connectivity index (χ3v) is 3.78. The van der Waals surface area contributed by atoms with Crippen molar-refractivity contribution in [2.75, 3.05) is 0 Å². The molecule has 1 heterocycles. The van der Waals surface area contributed by atoms with Gasteiger partial charge in [0.2, 0.25) is 0 Å². The van der Waals surface area contributed by atoms with E-state index in [4.69, 9.17) is 0 Å². The molecule has 0 aliphatic heterocycles. The van der Waals surface area contributed by atoms with E-state index in [1.54, 1.807) is 12.1 Å². The molecule has 0 aliphatic rings. The van der Waals surface area contributed by atoms with Gasteiger partial charge in [0, 0.05) is 11.3 Å². The zero-order valence-corrected chi connectivity index (χ0v) is 15.6. The standard InChI is InChI=1S/C22H20N2O.ClH/c1-16-13-17(2)23-20(14-16)15-21(18-9-5-3-6-10-18)24-22(25)19-11-7-4-8-12-19;/h3-15H,1-2H3,(H,24,25);1H/b21-15+;. The minimum absolute atomic E-state index is 0. The Kier molecular flexibility index (Phi) is 6.70. The third kappa shape index (κ3) is 5.04. The van der Waals surface area contributed by atoms with Gasteiger partial charge >= 0.3 is 0 Å². The van der Waals surface area contributed by atoms with Crippen molar-refractivity contribution in [3.05, 3.63) is 101 Å². The lowest BCUT2D eigenvalue weighted by molar-refractivity contribution is 0.0974. The molecular weight excluding hydrogens is 344 g/mol. The van der Waals surface area contributed by atoms with E-state index in [9.17, 15) is 4.79 Å². The Bertz CT molecular complexity index is 886. The topological polar surface area (TPSA) is 42.0 Å². The van der Waals surface area contributed by atoms with E-state index in [1.165, 1.54) is 0 Å². The molecule has 0 saturated carbocycles. The van der Waals surface area contributed by atoms with Crippen molar-refractivity contribution in [3.63, 3.8) is 0 Å². The van der Waals surface area contributed by atoms with Gasteiger partial charge in [-0.1, -0.05) is 48.5 Å². The number of benzene rings is 2. The molecule has 1 N–H and O–H groups in total. The molecule has 3 nitrogen and oxygen atoms in total. The fraction of sp³-hybridized carbons (Fsp3) is 0.0909. The van der Waals surface area contributed by atoms with E-state index in [2.05, 4.69) is 10.3 Å². The Morgan fingerprint density at radius 3 is 2.04 bits per heavy atom. The molecule has 3 rings (SSSR count). The molecule has 2 aromatic carbocycles. The van der Waals surface area contributed by atoms with Gasteiger partial charge < -0.3 is 5.32 Å². The number of rotatable bonds is 4. The minimum atomic E-state index is -0.139. The van der Waals surface area contributed by atoms with Crippen LogP contribution in [0.1, 0.15) is 32.9 Å². The number of nitrogens with zero attached hydrogens (tertiary/aromatic N) is 1. The van der Waals surface area contributed by atoms with Crippen molar-refractivity contribution < 1.29 is 4.79 Å². The van der Waals surface area contributed by atoms with Crippen LogP contribution in [-0.2, 0) is 0 Å². The largest absolute Gasteiger partial charge is 0.321 e. The van der Waals surface area contributed by atoms with Gasteiger partial charge in [0.05, 0.1) is 11.4 Å². The smallest absolute Gasteiger partial charge is 0.255 e. The first-order chi connectivity index (χ1) is 12.1. The number of carbonyl (C=O) groups is 1. The SMILES string of the molecule is Cc1cc(C)nc(/C=C(/NC(=O)c2ccccc2)c2ccccc2)c1.Cl. The summed E-state index contributed by atoms with van der Waals surface area (Å²) in [7, 11) is 0. The van der Waals surface area contributed by atoms with E-state index >= 15 is 0 Å². The minimum Gasteiger partial charge on any atom is -0.321 e. The number of carbonyl (C=O) groups excluding carboxylic acids is 1. The summed E-state index contributed by atoms with van der Waals surface area (Å²) in [5, 5.41) is 3.02. The summed E-state index contributed by atoms with van der Waals surface area (Å²) >= 11 is 0. The molecule has 1 aromatic heterocycles. The van der Waals surface area contributed by atoms with E-state index in [0.717, 1.165) is 28.2 Å². The number of aromatic nitrogens is 1. The molecule has 0 saturated heterocycles. The fourth-order valence-electron chi connectivity index (χ4n) is 2.69. The molecule has 132 valence electrons. The summed E-state index contributed by atoms with van der Waals surface area (Å²) in [4.78, 5) is 17.1. The van der Waals surface area contributed by atoms with Crippen LogP contribution in [0.25, 0.3) is 11.8 Å². The Hall–Kier alpha value is -2.91. The molecule has 0 radical (unpaired) electrons. The molecule has 0 spiro atoms.